The van der Waals surface area contributed by atoms with Gasteiger partial charge in [0.25, 0.3) is 0 Å². The van der Waals surface area contributed by atoms with Gasteiger partial charge < -0.3 is 5.32 Å². The highest BCUT2D eigenvalue weighted by Crippen LogP contribution is 2.43. The Bertz CT molecular complexity index is 629. The first-order valence-corrected chi connectivity index (χ1v) is 7.70. The molecule has 0 aromatic heterocycles. The summed E-state index contributed by atoms with van der Waals surface area (Å²) in [5.41, 5.74) is 2.08. The summed E-state index contributed by atoms with van der Waals surface area (Å²) in [4.78, 5) is 13.1. The maximum atomic E-state index is 12.0. The normalized spacial score (nSPS) is 18.4. The molecule has 2 aromatic rings. The molecule has 0 saturated carbocycles. The topological polar surface area (TPSA) is 29.1 Å². The van der Waals surface area contributed by atoms with E-state index in [1.165, 1.54) is 5.56 Å². The third-order valence-electron chi connectivity index (χ3n) is 3.02. The average molecular weight is 334 g/mol. The Balaban J connectivity index is 1.98. The molecule has 0 unspecified atom stereocenters. The lowest BCUT2D eigenvalue weighted by molar-refractivity contribution is -0.116. The van der Waals surface area contributed by atoms with Crippen LogP contribution in [0.15, 0.2) is 57.9 Å². The van der Waals surface area contributed by atoms with Crippen molar-refractivity contribution in [3.8, 4) is 0 Å². The van der Waals surface area contributed by atoms with E-state index in [0.29, 0.717) is 6.42 Å². The number of rotatable bonds is 1. The molecule has 1 heterocycles. The molecule has 1 aliphatic heterocycles. The van der Waals surface area contributed by atoms with Crippen LogP contribution < -0.4 is 5.32 Å². The lowest BCUT2D eigenvalue weighted by Crippen LogP contribution is -2.11. The zero-order valence-electron chi connectivity index (χ0n) is 10.1. The third-order valence-corrected chi connectivity index (χ3v) is 4.85. The second kappa shape index (κ2) is 5.39. The molecule has 1 N–H and O–H groups in total. The minimum absolute atomic E-state index is 0.0717. The van der Waals surface area contributed by atoms with Crippen LogP contribution in [0.2, 0.25) is 0 Å². The van der Waals surface area contributed by atoms with Gasteiger partial charge in [-0.3, -0.25) is 4.79 Å². The van der Waals surface area contributed by atoms with Gasteiger partial charge >= 0.3 is 0 Å². The number of anilines is 1. The molecule has 0 aliphatic carbocycles. The largest absolute Gasteiger partial charge is 0.325 e. The first-order valence-electron chi connectivity index (χ1n) is 6.03. The molecule has 19 heavy (non-hydrogen) atoms. The quantitative estimate of drug-likeness (QED) is 0.824. The van der Waals surface area contributed by atoms with Crippen LogP contribution in [0.1, 0.15) is 17.2 Å². The van der Waals surface area contributed by atoms with E-state index in [1.54, 1.807) is 11.8 Å². The molecular weight excluding hydrogens is 322 g/mol. The first-order chi connectivity index (χ1) is 9.22. The highest BCUT2D eigenvalue weighted by Gasteiger charge is 2.23. The summed E-state index contributed by atoms with van der Waals surface area (Å²) in [6.07, 6.45) is 0.496. The SMILES string of the molecule is O=C1C[C@@H](c2cccc(Br)c2)Sc2ccccc2N1. The van der Waals surface area contributed by atoms with Crippen LogP contribution in [0.3, 0.4) is 0 Å². The lowest BCUT2D eigenvalue weighted by Gasteiger charge is -2.13. The Hall–Kier alpha value is -1.26. The van der Waals surface area contributed by atoms with E-state index in [0.717, 1.165) is 15.1 Å². The minimum atomic E-state index is 0.0717. The van der Waals surface area contributed by atoms with Crippen LogP contribution in [-0.2, 0) is 4.79 Å². The van der Waals surface area contributed by atoms with E-state index in [4.69, 9.17) is 0 Å². The highest BCUT2D eigenvalue weighted by molar-refractivity contribution is 9.10. The first kappa shape index (κ1) is 12.8. The summed E-state index contributed by atoms with van der Waals surface area (Å²) in [7, 11) is 0. The van der Waals surface area contributed by atoms with Crippen molar-refractivity contribution >= 4 is 39.3 Å². The predicted octanol–water partition coefficient (Wildman–Crippen LogP) is 4.62. The summed E-state index contributed by atoms with van der Waals surface area (Å²) >= 11 is 5.22. The van der Waals surface area contributed by atoms with Crippen molar-refractivity contribution in [1.29, 1.82) is 0 Å². The van der Waals surface area contributed by atoms with E-state index in [2.05, 4.69) is 39.4 Å². The molecule has 2 aromatic carbocycles. The van der Waals surface area contributed by atoms with Gasteiger partial charge in [0.15, 0.2) is 0 Å². The van der Waals surface area contributed by atoms with Crippen molar-refractivity contribution in [2.45, 2.75) is 16.6 Å². The number of fused-ring (bicyclic) bond motifs is 1. The molecule has 0 spiro atoms. The summed E-state index contributed by atoms with van der Waals surface area (Å²) in [6, 6.07) is 16.1. The van der Waals surface area contributed by atoms with Gasteiger partial charge in [0.1, 0.15) is 0 Å². The number of benzene rings is 2. The lowest BCUT2D eigenvalue weighted by atomic mass is 10.1. The Morgan fingerprint density at radius 1 is 1.16 bits per heavy atom. The third kappa shape index (κ3) is 2.85. The van der Waals surface area contributed by atoms with Crippen molar-refractivity contribution in [3.63, 3.8) is 0 Å². The smallest absolute Gasteiger partial charge is 0.225 e. The molecule has 1 atom stereocenters. The van der Waals surface area contributed by atoms with E-state index in [1.807, 2.05) is 30.3 Å². The van der Waals surface area contributed by atoms with E-state index >= 15 is 0 Å². The Kier molecular flexibility index (Phi) is 3.62. The van der Waals surface area contributed by atoms with Gasteiger partial charge in [-0.05, 0) is 29.8 Å². The van der Waals surface area contributed by atoms with Gasteiger partial charge in [-0.2, -0.15) is 0 Å². The molecule has 0 fully saturated rings. The van der Waals surface area contributed by atoms with E-state index in [9.17, 15) is 4.79 Å². The number of thioether (sulfide) groups is 1. The fraction of sp³-hybridized carbons (Fsp3) is 0.133. The van der Waals surface area contributed by atoms with Crippen molar-refractivity contribution in [2.75, 3.05) is 5.32 Å². The number of amides is 1. The van der Waals surface area contributed by atoms with Gasteiger partial charge in [0.05, 0.1) is 5.69 Å². The molecule has 1 aliphatic rings. The van der Waals surface area contributed by atoms with Crippen molar-refractivity contribution in [2.24, 2.45) is 0 Å². The summed E-state index contributed by atoms with van der Waals surface area (Å²) in [5.74, 6) is 0.0717. The molecular formula is C15H12BrNOS. The molecule has 3 rings (SSSR count). The maximum Gasteiger partial charge on any atom is 0.225 e. The number of hydrogen-bond donors (Lipinski definition) is 1. The van der Waals surface area contributed by atoms with Crippen molar-refractivity contribution in [3.05, 3.63) is 58.6 Å². The number of halogens is 1. The predicted molar refractivity (Wildman–Crippen MR) is 82.4 cm³/mol. The van der Waals surface area contributed by atoms with Crippen LogP contribution in [0.4, 0.5) is 5.69 Å². The highest BCUT2D eigenvalue weighted by atomic mass is 79.9. The number of para-hydroxylation sites is 1. The average Bonchev–Trinajstić information content (AvgIpc) is 2.56. The van der Waals surface area contributed by atoms with Crippen molar-refractivity contribution in [1.82, 2.24) is 0 Å². The zero-order chi connectivity index (χ0) is 13.2. The second-order valence-corrected chi connectivity index (χ2v) is 6.57. The molecule has 4 heteroatoms. The van der Waals surface area contributed by atoms with Gasteiger partial charge in [-0.1, -0.05) is 40.2 Å². The number of carbonyl (C=O) groups is 1. The maximum absolute atomic E-state index is 12.0. The van der Waals surface area contributed by atoms with Crippen LogP contribution >= 0.6 is 27.7 Å². The standard InChI is InChI=1S/C15H12BrNOS/c16-11-5-3-4-10(8-11)14-9-15(18)17-12-6-1-2-7-13(12)19-14/h1-8,14H,9H2,(H,17,18)/t14-/m0/s1. The van der Waals surface area contributed by atoms with Gasteiger partial charge in [0, 0.05) is 21.0 Å². The second-order valence-electron chi connectivity index (χ2n) is 4.41. The van der Waals surface area contributed by atoms with Crippen LogP contribution in [0.25, 0.3) is 0 Å². The molecule has 96 valence electrons. The van der Waals surface area contributed by atoms with Crippen LogP contribution in [0.5, 0.6) is 0 Å². The Morgan fingerprint density at radius 2 is 2.00 bits per heavy atom. The van der Waals surface area contributed by atoms with Gasteiger partial charge in [0.2, 0.25) is 5.91 Å². The summed E-state index contributed by atoms with van der Waals surface area (Å²) < 4.78 is 1.04. The molecule has 0 radical (unpaired) electrons. The van der Waals surface area contributed by atoms with Crippen LogP contribution in [0, 0.1) is 0 Å². The van der Waals surface area contributed by atoms with Gasteiger partial charge in [-0.15, -0.1) is 11.8 Å². The zero-order valence-corrected chi connectivity index (χ0v) is 12.5. The van der Waals surface area contributed by atoms with Crippen molar-refractivity contribution < 1.29 is 4.79 Å². The van der Waals surface area contributed by atoms with Crippen LogP contribution in [-0.4, -0.2) is 5.91 Å². The van der Waals surface area contributed by atoms with Gasteiger partial charge in [-0.25, -0.2) is 0 Å². The molecule has 0 saturated heterocycles. The van der Waals surface area contributed by atoms with E-state index < -0.39 is 0 Å². The fourth-order valence-corrected chi connectivity index (χ4v) is 3.77. The Labute approximate surface area is 124 Å². The number of nitrogens with one attached hydrogen (secondary N) is 1. The fourth-order valence-electron chi connectivity index (χ4n) is 2.13. The van der Waals surface area contributed by atoms with E-state index in [-0.39, 0.29) is 11.2 Å². The number of carbonyl (C=O) groups excluding carboxylic acids is 1. The minimum Gasteiger partial charge on any atom is -0.325 e. The molecule has 0 bridgehead atoms. The monoisotopic (exact) mass is 333 g/mol. The summed E-state index contributed by atoms with van der Waals surface area (Å²) in [6.45, 7) is 0. The molecule has 1 amide bonds. The number of hydrogen-bond acceptors (Lipinski definition) is 2. The molecule has 2 nitrogen and oxygen atoms in total. The summed E-state index contributed by atoms with van der Waals surface area (Å²) in [5, 5.41) is 3.12. The Morgan fingerprint density at radius 3 is 2.84 bits per heavy atom.